The van der Waals surface area contributed by atoms with Gasteiger partial charge in [-0.05, 0) is 24.1 Å². The van der Waals surface area contributed by atoms with E-state index in [1.807, 2.05) is 24.4 Å². The van der Waals surface area contributed by atoms with E-state index in [1.165, 1.54) is 10.9 Å². The standard InChI is InChI=1S/C15H16N4O/c16-11-7-14(19-9-11)15(20)17-6-5-10-8-18-13-4-2-1-3-12(10)13/h1-4,7-9,18-19H,5-6,16H2,(H,17,20). The van der Waals surface area contributed by atoms with Crippen molar-refractivity contribution >= 4 is 22.5 Å². The van der Waals surface area contributed by atoms with E-state index in [0.717, 1.165) is 11.9 Å². The highest BCUT2D eigenvalue weighted by atomic mass is 16.1. The maximum absolute atomic E-state index is 11.8. The minimum Gasteiger partial charge on any atom is -0.397 e. The average Bonchev–Trinajstić information content (AvgIpc) is 3.06. The third-order valence-electron chi connectivity index (χ3n) is 3.30. The lowest BCUT2D eigenvalue weighted by atomic mass is 10.1. The summed E-state index contributed by atoms with van der Waals surface area (Å²) in [5, 5.41) is 4.08. The van der Waals surface area contributed by atoms with E-state index >= 15 is 0 Å². The second kappa shape index (κ2) is 5.13. The number of nitrogen functional groups attached to an aromatic ring is 1. The third kappa shape index (κ3) is 2.38. The van der Waals surface area contributed by atoms with Crippen LogP contribution < -0.4 is 11.1 Å². The van der Waals surface area contributed by atoms with Crippen LogP contribution in [0.4, 0.5) is 5.69 Å². The first-order chi connectivity index (χ1) is 9.74. The molecule has 1 amide bonds. The fraction of sp³-hybridized carbons (Fsp3) is 0.133. The van der Waals surface area contributed by atoms with Gasteiger partial charge in [-0.25, -0.2) is 0 Å². The number of aromatic nitrogens is 2. The fourth-order valence-corrected chi connectivity index (χ4v) is 2.29. The Morgan fingerprint density at radius 1 is 1.20 bits per heavy atom. The highest BCUT2D eigenvalue weighted by Gasteiger charge is 2.08. The smallest absolute Gasteiger partial charge is 0.267 e. The topological polar surface area (TPSA) is 86.7 Å². The minimum atomic E-state index is -0.137. The second-order valence-electron chi connectivity index (χ2n) is 4.71. The van der Waals surface area contributed by atoms with Crippen LogP contribution in [0.5, 0.6) is 0 Å². The summed E-state index contributed by atoms with van der Waals surface area (Å²) in [5.74, 6) is -0.137. The van der Waals surface area contributed by atoms with Gasteiger partial charge in [-0.15, -0.1) is 0 Å². The summed E-state index contributed by atoms with van der Waals surface area (Å²) in [6.07, 6.45) is 4.38. The molecule has 5 nitrogen and oxygen atoms in total. The van der Waals surface area contributed by atoms with E-state index in [9.17, 15) is 4.79 Å². The summed E-state index contributed by atoms with van der Waals surface area (Å²) >= 11 is 0. The Kier molecular flexibility index (Phi) is 3.16. The molecule has 102 valence electrons. The van der Waals surface area contributed by atoms with Crippen LogP contribution in [0.15, 0.2) is 42.7 Å². The van der Waals surface area contributed by atoms with Crippen molar-refractivity contribution in [3.63, 3.8) is 0 Å². The lowest BCUT2D eigenvalue weighted by molar-refractivity contribution is 0.0950. The molecule has 0 spiro atoms. The van der Waals surface area contributed by atoms with Crippen molar-refractivity contribution < 1.29 is 4.79 Å². The molecule has 0 radical (unpaired) electrons. The fourth-order valence-electron chi connectivity index (χ4n) is 2.29. The SMILES string of the molecule is Nc1c[nH]c(C(=O)NCCc2c[nH]c3ccccc23)c1. The lowest BCUT2D eigenvalue weighted by Crippen LogP contribution is -2.25. The minimum absolute atomic E-state index is 0.137. The molecule has 0 saturated carbocycles. The van der Waals surface area contributed by atoms with Gasteiger partial charge in [-0.1, -0.05) is 18.2 Å². The predicted molar refractivity (Wildman–Crippen MR) is 79.5 cm³/mol. The monoisotopic (exact) mass is 268 g/mol. The Labute approximate surface area is 116 Å². The molecule has 0 saturated heterocycles. The van der Waals surface area contributed by atoms with Crippen LogP contribution in [-0.4, -0.2) is 22.4 Å². The molecule has 0 aliphatic rings. The highest BCUT2D eigenvalue weighted by molar-refractivity contribution is 5.93. The number of nitrogens with one attached hydrogen (secondary N) is 3. The zero-order valence-corrected chi connectivity index (χ0v) is 10.9. The van der Waals surface area contributed by atoms with Gasteiger partial charge in [0.15, 0.2) is 0 Å². The summed E-state index contributed by atoms with van der Waals surface area (Å²) in [7, 11) is 0. The molecule has 0 unspecified atom stereocenters. The van der Waals surface area contributed by atoms with Gasteiger partial charge in [0.1, 0.15) is 5.69 Å². The molecule has 2 heterocycles. The van der Waals surface area contributed by atoms with Crippen molar-refractivity contribution in [1.82, 2.24) is 15.3 Å². The van der Waals surface area contributed by atoms with Crippen molar-refractivity contribution in [3.8, 4) is 0 Å². The van der Waals surface area contributed by atoms with Crippen molar-refractivity contribution in [3.05, 3.63) is 54.0 Å². The van der Waals surface area contributed by atoms with E-state index in [4.69, 9.17) is 5.73 Å². The first kappa shape index (κ1) is 12.3. The Morgan fingerprint density at radius 3 is 2.85 bits per heavy atom. The molecule has 0 atom stereocenters. The molecule has 2 aromatic heterocycles. The number of aromatic amines is 2. The van der Waals surface area contributed by atoms with Gasteiger partial charge in [0.25, 0.3) is 5.91 Å². The normalized spacial score (nSPS) is 10.8. The van der Waals surface area contributed by atoms with Gasteiger partial charge in [-0.3, -0.25) is 4.79 Å². The van der Waals surface area contributed by atoms with E-state index in [-0.39, 0.29) is 5.91 Å². The maximum atomic E-state index is 11.8. The number of amides is 1. The Hall–Kier alpha value is -2.69. The molecule has 5 N–H and O–H groups in total. The lowest BCUT2D eigenvalue weighted by Gasteiger charge is -2.03. The molecule has 5 heteroatoms. The van der Waals surface area contributed by atoms with Crippen LogP contribution in [0.25, 0.3) is 10.9 Å². The van der Waals surface area contributed by atoms with E-state index in [2.05, 4.69) is 21.4 Å². The van der Waals surface area contributed by atoms with Crippen molar-refractivity contribution in [2.45, 2.75) is 6.42 Å². The van der Waals surface area contributed by atoms with Crippen LogP contribution in [0.2, 0.25) is 0 Å². The molecule has 3 rings (SSSR count). The highest BCUT2D eigenvalue weighted by Crippen LogP contribution is 2.17. The Bertz CT molecular complexity index is 741. The number of anilines is 1. The van der Waals surface area contributed by atoms with Crippen molar-refractivity contribution in [2.75, 3.05) is 12.3 Å². The second-order valence-corrected chi connectivity index (χ2v) is 4.71. The summed E-state index contributed by atoms with van der Waals surface area (Å²) in [6.45, 7) is 0.583. The van der Waals surface area contributed by atoms with Gasteiger partial charge in [0.05, 0.1) is 0 Å². The molecule has 20 heavy (non-hydrogen) atoms. The summed E-state index contributed by atoms with van der Waals surface area (Å²) in [6, 6.07) is 9.76. The molecular formula is C15H16N4O. The quantitative estimate of drug-likeness (QED) is 0.583. The third-order valence-corrected chi connectivity index (χ3v) is 3.30. The first-order valence-corrected chi connectivity index (χ1v) is 6.51. The van der Waals surface area contributed by atoms with Gasteiger partial charge < -0.3 is 21.0 Å². The number of carbonyl (C=O) groups excluding carboxylic acids is 1. The Balaban J connectivity index is 1.61. The number of para-hydroxylation sites is 1. The van der Waals surface area contributed by atoms with Gasteiger partial charge in [-0.2, -0.15) is 0 Å². The van der Waals surface area contributed by atoms with E-state index < -0.39 is 0 Å². The molecular weight excluding hydrogens is 252 g/mol. The van der Waals surface area contributed by atoms with Crippen LogP contribution in [0, 0.1) is 0 Å². The number of benzene rings is 1. The summed E-state index contributed by atoms with van der Waals surface area (Å²) in [4.78, 5) is 17.9. The molecule has 0 aliphatic carbocycles. The number of H-pyrrole nitrogens is 2. The van der Waals surface area contributed by atoms with Crippen LogP contribution >= 0.6 is 0 Å². The molecule has 3 aromatic rings. The van der Waals surface area contributed by atoms with Gasteiger partial charge in [0.2, 0.25) is 0 Å². The summed E-state index contributed by atoms with van der Waals surface area (Å²) in [5.41, 5.74) is 8.94. The average molecular weight is 268 g/mol. The van der Waals surface area contributed by atoms with Crippen LogP contribution in [0.3, 0.4) is 0 Å². The summed E-state index contributed by atoms with van der Waals surface area (Å²) < 4.78 is 0. The first-order valence-electron chi connectivity index (χ1n) is 6.51. The van der Waals surface area contributed by atoms with Gasteiger partial charge >= 0.3 is 0 Å². The van der Waals surface area contributed by atoms with Gasteiger partial charge in [0, 0.05) is 35.5 Å². The zero-order chi connectivity index (χ0) is 13.9. The maximum Gasteiger partial charge on any atom is 0.267 e. The van der Waals surface area contributed by atoms with Crippen LogP contribution in [-0.2, 0) is 6.42 Å². The number of carbonyl (C=O) groups is 1. The zero-order valence-electron chi connectivity index (χ0n) is 10.9. The molecule has 0 aliphatic heterocycles. The van der Waals surface area contributed by atoms with E-state index in [1.54, 1.807) is 12.3 Å². The number of hydrogen-bond acceptors (Lipinski definition) is 2. The van der Waals surface area contributed by atoms with Crippen molar-refractivity contribution in [2.24, 2.45) is 0 Å². The van der Waals surface area contributed by atoms with E-state index in [0.29, 0.717) is 17.9 Å². The van der Waals surface area contributed by atoms with Crippen LogP contribution in [0.1, 0.15) is 16.1 Å². The predicted octanol–water partition coefficient (Wildman–Crippen LogP) is 2.05. The number of rotatable bonds is 4. The number of fused-ring (bicyclic) bond motifs is 1. The molecule has 0 bridgehead atoms. The molecule has 0 fully saturated rings. The molecule has 1 aromatic carbocycles. The number of nitrogens with two attached hydrogens (primary N) is 1. The largest absolute Gasteiger partial charge is 0.397 e. The van der Waals surface area contributed by atoms with Crippen molar-refractivity contribution in [1.29, 1.82) is 0 Å². The Morgan fingerprint density at radius 2 is 2.05 bits per heavy atom. The number of hydrogen-bond donors (Lipinski definition) is 4.